The van der Waals surface area contributed by atoms with E-state index in [1.165, 1.54) is 7.11 Å². The summed E-state index contributed by atoms with van der Waals surface area (Å²) in [5.74, 6) is -1.50. The van der Waals surface area contributed by atoms with E-state index in [0.29, 0.717) is 5.56 Å². The van der Waals surface area contributed by atoms with Gasteiger partial charge in [0.1, 0.15) is 0 Å². The molecule has 1 N–H and O–H groups in total. The molecule has 1 aromatic carbocycles. The molecule has 1 aromatic rings. The highest BCUT2D eigenvalue weighted by Crippen LogP contribution is 2.17. The van der Waals surface area contributed by atoms with Gasteiger partial charge in [-0.1, -0.05) is 24.3 Å². The van der Waals surface area contributed by atoms with E-state index >= 15 is 0 Å². The lowest BCUT2D eigenvalue weighted by Gasteiger charge is -2.09. The molecular formula is C12H14O4. The van der Waals surface area contributed by atoms with E-state index in [1.807, 2.05) is 0 Å². The van der Waals surface area contributed by atoms with Gasteiger partial charge in [-0.3, -0.25) is 9.59 Å². The number of ether oxygens (including phenoxy) is 1. The van der Waals surface area contributed by atoms with Crippen LogP contribution in [0.15, 0.2) is 24.3 Å². The van der Waals surface area contributed by atoms with Crippen molar-refractivity contribution < 1.29 is 19.4 Å². The Balaban J connectivity index is 2.78. The molecule has 86 valence electrons. The summed E-state index contributed by atoms with van der Waals surface area (Å²) in [6.07, 6.45) is -0.00706. The summed E-state index contributed by atoms with van der Waals surface area (Å²) in [6.45, 7) is 1.75. The number of methoxy groups -OCH3 is 1. The molecule has 0 aliphatic heterocycles. The number of hydrogen-bond acceptors (Lipinski definition) is 3. The summed E-state index contributed by atoms with van der Waals surface area (Å²) in [7, 11) is 1.34. The SMILES string of the molecule is COC(=O)C(C)c1ccc(CC(=O)O)cc1. The van der Waals surface area contributed by atoms with Crippen LogP contribution in [0.4, 0.5) is 0 Å². The molecule has 0 bridgehead atoms. The van der Waals surface area contributed by atoms with E-state index in [-0.39, 0.29) is 18.3 Å². The van der Waals surface area contributed by atoms with Gasteiger partial charge in [0.05, 0.1) is 19.4 Å². The van der Waals surface area contributed by atoms with Crippen molar-refractivity contribution in [1.29, 1.82) is 0 Å². The third kappa shape index (κ3) is 3.08. The maximum atomic E-state index is 11.3. The standard InChI is InChI=1S/C12H14O4/c1-8(12(15)16-2)10-5-3-9(4-6-10)7-11(13)14/h3-6,8H,7H2,1-2H3,(H,13,14). The minimum absolute atomic E-state index is 0.00706. The molecule has 0 saturated heterocycles. The van der Waals surface area contributed by atoms with Gasteiger partial charge in [-0.25, -0.2) is 0 Å². The fraction of sp³-hybridized carbons (Fsp3) is 0.333. The topological polar surface area (TPSA) is 63.6 Å². The fourth-order valence-electron chi connectivity index (χ4n) is 1.41. The number of aliphatic carboxylic acids is 1. The van der Waals surface area contributed by atoms with Gasteiger partial charge in [0, 0.05) is 0 Å². The van der Waals surface area contributed by atoms with E-state index in [1.54, 1.807) is 31.2 Å². The van der Waals surface area contributed by atoms with Crippen molar-refractivity contribution >= 4 is 11.9 Å². The molecule has 1 atom stereocenters. The Hall–Kier alpha value is -1.84. The van der Waals surface area contributed by atoms with Crippen molar-refractivity contribution in [1.82, 2.24) is 0 Å². The summed E-state index contributed by atoms with van der Waals surface area (Å²) >= 11 is 0. The molecule has 0 heterocycles. The smallest absolute Gasteiger partial charge is 0.312 e. The van der Waals surface area contributed by atoms with E-state index in [0.717, 1.165) is 5.56 Å². The van der Waals surface area contributed by atoms with Gasteiger partial charge < -0.3 is 9.84 Å². The largest absolute Gasteiger partial charge is 0.481 e. The van der Waals surface area contributed by atoms with Crippen molar-refractivity contribution in [2.24, 2.45) is 0 Å². The average Bonchev–Trinajstić information content (AvgIpc) is 2.27. The van der Waals surface area contributed by atoms with E-state index in [9.17, 15) is 9.59 Å². The fourth-order valence-corrected chi connectivity index (χ4v) is 1.41. The van der Waals surface area contributed by atoms with Crippen LogP contribution in [0.3, 0.4) is 0 Å². The van der Waals surface area contributed by atoms with Gasteiger partial charge in [-0.15, -0.1) is 0 Å². The molecule has 4 heteroatoms. The summed E-state index contributed by atoms with van der Waals surface area (Å²) in [5.41, 5.74) is 1.54. The molecule has 0 aliphatic carbocycles. The Kier molecular flexibility index (Phi) is 4.05. The number of carboxylic acids is 1. The van der Waals surface area contributed by atoms with Crippen LogP contribution in [0.2, 0.25) is 0 Å². The molecule has 16 heavy (non-hydrogen) atoms. The second-order valence-electron chi connectivity index (χ2n) is 3.56. The number of carboxylic acid groups (broad SMARTS) is 1. The zero-order chi connectivity index (χ0) is 12.1. The molecule has 0 aliphatic rings. The first-order chi connectivity index (χ1) is 7.54. The molecular weight excluding hydrogens is 208 g/mol. The van der Waals surface area contributed by atoms with Crippen molar-refractivity contribution in [3.63, 3.8) is 0 Å². The molecule has 0 aromatic heterocycles. The predicted octanol–water partition coefficient (Wildman–Crippen LogP) is 1.59. The van der Waals surface area contributed by atoms with Gasteiger partial charge in [-0.2, -0.15) is 0 Å². The van der Waals surface area contributed by atoms with Gasteiger partial charge >= 0.3 is 11.9 Å². The predicted molar refractivity (Wildman–Crippen MR) is 58.2 cm³/mol. The average molecular weight is 222 g/mol. The Morgan fingerprint density at radius 3 is 2.31 bits per heavy atom. The first-order valence-electron chi connectivity index (χ1n) is 4.93. The minimum Gasteiger partial charge on any atom is -0.481 e. The monoisotopic (exact) mass is 222 g/mol. The maximum absolute atomic E-state index is 11.3. The Bertz CT molecular complexity index is 381. The third-order valence-corrected chi connectivity index (χ3v) is 2.39. The molecule has 1 unspecified atom stereocenters. The number of esters is 1. The van der Waals surface area contributed by atoms with E-state index in [4.69, 9.17) is 5.11 Å². The van der Waals surface area contributed by atoms with Crippen LogP contribution in [-0.2, 0) is 20.7 Å². The zero-order valence-electron chi connectivity index (χ0n) is 9.27. The minimum atomic E-state index is -0.867. The Morgan fingerprint density at radius 1 is 1.31 bits per heavy atom. The van der Waals surface area contributed by atoms with Crippen LogP contribution in [0.25, 0.3) is 0 Å². The Labute approximate surface area is 93.9 Å². The number of rotatable bonds is 4. The number of carbonyl (C=O) groups is 2. The van der Waals surface area contributed by atoms with Crippen LogP contribution < -0.4 is 0 Å². The van der Waals surface area contributed by atoms with Crippen molar-refractivity contribution in [3.8, 4) is 0 Å². The van der Waals surface area contributed by atoms with Gasteiger partial charge in [0.2, 0.25) is 0 Å². The number of hydrogen-bond donors (Lipinski definition) is 1. The second kappa shape index (κ2) is 5.30. The first-order valence-corrected chi connectivity index (χ1v) is 4.93. The summed E-state index contributed by atoms with van der Waals surface area (Å²) in [6, 6.07) is 6.92. The van der Waals surface area contributed by atoms with Crippen LogP contribution in [0.1, 0.15) is 24.0 Å². The van der Waals surface area contributed by atoms with E-state index in [2.05, 4.69) is 4.74 Å². The van der Waals surface area contributed by atoms with Crippen LogP contribution in [0.5, 0.6) is 0 Å². The van der Waals surface area contributed by atoms with Crippen LogP contribution in [0, 0.1) is 0 Å². The first kappa shape index (κ1) is 12.2. The van der Waals surface area contributed by atoms with Crippen LogP contribution in [-0.4, -0.2) is 24.2 Å². The highest BCUT2D eigenvalue weighted by molar-refractivity contribution is 5.77. The highest BCUT2D eigenvalue weighted by Gasteiger charge is 2.15. The van der Waals surface area contributed by atoms with E-state index < -0.39 is 5.97 Å². The molecule has 0 radical (unpaired) electrons. The lowest BCUT2D eigenvalue weighted by molar-refractivity contribution is -0.142. The van der Waals surface area contributed by atoms with Crippen molar-refractivity contribution in [2.75, 3.05) is 7.11 Å². The van der Waals surface area contributed by atoms with Crippen LogP contribution >= 0.6 is 0 Å². The van der Waals surface area contributed by atoms with Crippen molar-refractivity contribution in [2.45, 2.75) is 19.3 Å². The maximum Gasteiger partial charge on any atom is 0.312 e. The molecule has 0 fully saturated rings. The van der Waals surface area contributed by atoms with Gasteiger partial charge in [-0.05, 0) is 18.1 Å². The second-order valence-corrected chi connectivity index (χ2v) is 3.56. The number of carbonyl (C=O) groups excluding carboxylic acids is 1. The quantitative estimate of drug-likeness (QED) is 0.786. The Morgan fingerprint density at radius 2 is 1.88 bits per heavy atom. The normalized spacial score (nSPS) is 11.9. The molecule has 0 saturated carbocycles. The number of benzene rings is 1. The lowest BCUT2D eigenvalue weighted by Crippen LogP contribution is -2.10. The van der Waals surface area contributed by atoms with Gasteiger partial charge in [0.15, 0.2) is 0 Å². The van der Waals surface area contributed by atoms with Gasteiger partial charge in [0.25, 0.3) is 0 Å². The molecule has 4 nitrogen and oxygen atoms in total. The third-order valence-electron chi connectivity index (χ3n) is 2.39. The lowest BCUT2D eigenvalue weighted by atomic mass is 9.99. The molecule has 0 spiro atoms. The van der Waals surface area contributed by atoms with Crippen molar-refractivity contribution in [3.05, 3.63) is 35.4 Å². The molecule has 0 amide bonds. The molecule has 1 rings (SSSR count). The summed E-state index contributed by atoms with van der Waals surface area (Å²) < 4.78 is 4.63. The highest BCUT2D eigenvalue weighted by atomic mass is 16.5. The summed E-state index contributed by atoms with van der Waals surface area (Å²) in [4.78, 5) is 21.7. The zero-order valence-corrected chi connectivity index (χ0v) is 9.27. The summed E-state index contributed by atoms with van der Waals surface area (Å²) in [5, 5.41) is 8.60.